The fourth-order valence-corrected chi connectivity index (χ4v) is 5.97. The molecule has 1 N–H and O–H groups in total. The summed E-state index contributed by atoms with van der Waals surface area (Å²) in [6, 6.07) is 9.81. The molecule has 4 saturated carbocycles. The van der Waals surface area contributed by atoms with Crippen molar-refractivity contribution in [3.63, 3.8) is 0 Å². The molecule has 4 aliphatic carbocycles. The van der Waals surface area contributed by atoms with Crippen LogP contribution in [0.3, 0.4) is 0 Å². The highest BCUT2D eigenvalue weighted by atomic mass is 16.7. The van der Waals surface area contributed by atoms with Crippen molar-refractivity contribution in [1.82, 2.24) is 5.32 Å². The molecule has 5 nitrogen and oxygen atoms in total. The van der Waals surface area contributed by atoms with Gasteiger partial charge in [-0.2, -0.15) is 0 Å². The van der Waals surface area contributed by atoms with E-state index >= 15 is 0 Å². The summed E-state index contributed by atoms with van der Waals surface area (Å²) in [5.74, 6) is 1.10. The average Bonchev–Trinajstić information content (AvgIpc) is 3.09. The number of ether oxygens (including phenoxy) is 3. The molecule has 1 saturated heterocycles. The van der Waals surface area contributed by atoms with E-state index < -0.39 is 0 Å². The number of hydrogen-bond donors (Lipinski definition) is 1. The van der Waals surface area contributed by atoms with Crippen LogP contribution in [0.15, 0.2) is 30.3 Å². The molecule has 134 valence electrons. The lowest BCUT2D eigenvalue weighted by Gasteiger charge is -2.62. The molecule has 1 aromatic carbocycles. The van der Waals surface area contributed by atoms with E-state index in [9.17, 15) is 4.79 Å². The van der Waals surface area contributed by atoms with Gasteiger partial charge in [-0.05, 0) is 43.6 Å². The van der Waals surface area contributed by atoms with Crippen molar-refractivity contribution in [3.8, 4) is 0 Å². The third-order valence-corrected chi connectivity index (χ3v) is 6.65. The summed E-state index contributed by atoms with van der Waals surface area (Å²) < 4.78 is 17.7. The highest BCUT2D eigenvalue weighted by Gasteiger charge is 2.65. The quantitative estimate of drug-likeness (QED) is 0.915. The van der Waals surface area contributed by atoms with Gasteiger partial charge in [0.2, 0.25) is 0 Å². The first-order valence-corrected chi connectivity index (χ1v) is 9.44. The molecule has 5 aliphatic rings. The van der Waals surface area contributed by atoms with Gasteiger partial charge in [-0.1, -0.05) is 30.3 Å². The van der Waals surface area contributed by atoms with Crippen LogP contribution in [0.4, 0.5) is 4.79 Å². The molecular weight excluding hydrogens is 318 g/mol. The predicted octanol–water partition coefficient (Wildman–Crippen LogP) is 3.23. The van der Waals surface area contributed by atoms with Crippen LogP contribution in [0.5, 0.6) is 0 Å². The maximum absolute atomic E-state index is 12.4. The third-order valence-electron chi connectivity index (χ3n) is 6.65. The van der Waals surface area contributed by atoms with Gasteiger partial charge in [0.1, 0.15) is 6.61 Å². The molecule has 2 unspecified atom stereocenters. The highest BCUT2D eigenvalue weighted by Crippen LogP contribution is 2.62. The Morgan fingerprint density at radius 2 is 1.76 bits per heavy atom. The maximum atomic E-state index is 12.4. The summed E-state index contributed by atoms with van der Waals surface area (Å²) in [6.07, 6.45) is 4.99. The molecule has 1 heterocycles. The van der Waals surface area contributed by atoms with Gasteiger partial charge in [-0.15, -0.1) is 0 Å². The van der Waals surface area contributed by atoms with E-state index in [1.54, 1.807) is 0 Å². The Bertz CT molecular complexity index is 637. The number of carbonyl (C=O) groups excluding carboxylic acids is 1. The van der Waals surface area contributed by atoms with Gasteiger partial charge in [-0.3, -0.25) is 0 Å². The molecule has 25 heavy (non-hydrogen) atoms. The van der Waals surface area contributed by atoms with Crippen molar-refractivity contribution in [2.75, 3.05) is 13.2 Å². The normalized spacial score (nSPS) is 37.4. The Morgan fingerprint density at radius 3 is 2.44 bits per heavy atom. The molecule has 5 fully saturated rings. The van der Waals surface area contributed by atoms with Gasteiger partial charge in [-0.25, -0.2) is 4.79 Å². The van der Waals surface area contributed by atoms with Crippen LogP contribution in [0.25, 0.3) is 0 Å². The molecule has 0 aromatic heterocycles. The first kappa shape index (κ1) is 15.6. The first-order valence-electron chi connectivity index (χ1n) is 9.44. The van der Waals surface area contributed by atoms with Crippen LogP contribution in [0.1, 0.15) is 37.7 Å². The Hall–Kier alpha value is -1.59. The zero-order valence-electron chi connectivity index (χ0n) is 14.4. The SMILES string of the molecule is O=C(NC12CC3C[C@H](C1)C1(OCCO1)[C@@H](C3)C2)OCc1ccccc1. The molecule has 6 rings (SSSR count). The lowest BCUT2D eigenvalue weighted by Crippen LogP contribution is -2.68. The van der Waals surface area contributed by atoms with Crippen molar-refractivity contribution >= 4 is 6.09 Å². The molecule has 1 amide bonds. The maximum Gasteiger partial charge on any atom is 0.407 e. The van der Waals surface area contributed by atoms with E-state index in [2.05, 4.69) is 5.32 Å². The van der Waals surface area contributed by atoms with Crippen LogP contribution in [0.2, 0.25) is 0 Å². The molecule has 0 radical (unpaired) electrons. The highest BCUT2D eigenvalue weighted by molar-refractivity contribution is 5.68. The second-order valence-corrected chi connectivity index (χ2v) is 8.23. The van der Waals surface area contributed by atoms with Crippen LogP contribution in [-0.2, 0) is 20.8 Å². The van der Waals surface area contributed by atoms with Crippen molar-refractivity contribution in [1.29, 1.82) is 0 Å². The minimum absolute atomic E-state index is 0.134. The van der Waals surface area contributed by atoms with Gasteiger partial charge in [0, 0.05) is 17.4 Å². The van der Waals surface area contributed by atoms with Crippen molar-refractivity contribution in [3.05, 3.63) is 35.9 Å². The predicted molar refractivity (Wildman–Crippen MR) is 90.7 cm³/mol. The summed E-state index contributed by atoms with van der Waals surface area (Å²) in [5, 5.41) is 3.23. The number of amides is 1. The number of hydrogen-bond acceptors (Lipinski definition) is 4. The van der Waals surface area contributed by atoms with Crippen LogP contribution < -0.4 is 5.32 Å². The lowest BCUT2D eigenvalue weighted by molar-refractivity contribution is -0.292. The summed E-state index contributed by atoms with van der Waals surface area (Å²) >= 11 is 0. The standard InChI is InChI=1S/C20H25NO4/c22-18(23-13-14-4-2-1-3-5-14)21-19-10-15-8-16(11-19)20(17(9-15)12-19)24-6-7-25-20/h1-5,15-17H,6-13H2,(H,21,22)/t15?,16-,17+,19?. The fraction of sp³-hybridized carbons (Fsp3) is 0.650. The zero-order chi connectivity index (χ0) is 16.9. The largest absolute Gasteiger partial charge is 0.445 e. The van der Waals surface area contributed by atoms with Gasteiger partial charge in [0.05, 0.1) is 13.2 Å². The summed E-state index contributed by atoms with van der Waals surface area (Å²) in [4.78, 5) is 12.4. The number of benzene rings is 1. The molecule has 1 aromatic rings. The van der Waals surface area contributed by atoms with E-state index in [-0.39, 0.29) is 17.4 Å². The van der Waals surface area contributed by atoms with Crippen molar-refractivity contribution < 1.29 is 19.0 Å². The molecule has 1 spiro atoms. The molecule has 5 heteroatoms. The third kappa shape index (κ3) is 2.56. The second-order valence-electron chi connectivity index (χ2n) is 8.23. The Kier molecular flexibility index (Phi) is 3.57. The summed E-state index contributed by atoms with van der Waals surface area (Å²) in [7, 11) is 0. The van der Waals surface area contributed by atoms with Crippen molar-refractivity contribution in [2.45, 2.75) is 50.0 Å². The molecule has 4 bridgehead atoms. The zero-order valence-corrected chi connectivity index (χ0v) is 14.4. The summed E-state index contributed by atoms with van der Waals surface area (Å²) in [5.41, 5.74) is 0.875. The Morgan fingerprint density at radius 1 is 1.08 bits per heavy atom. The van der Waals surface area contributed by atoms with E-state index in [0.717, 1.165) is 24.8 Å². The van der Waals surface area contributed by atoms with E-state index in [0.29, 0.717) is 37.6 Å². The number of alkyl carbamates (subject to hydrolysis) is 1. The fourth-order valence-electron chi connectivity index (χ4n) is 5.97. The van der Waals surface area contributed by atoms with Gasteiger partial charge in [0.25, 0.3) is 0 Å². The number of carbonyl (C=O) groups is 1. The van der Waals surface area contributed by atoms with E-state index in [1.807, 2.05) is 30.3 Å². The monoisotopic (exact) mass is 343 g/mol. The smallest absolute Gasteiger partial charge is 0.407 e. The van der Waals surface area contributed by atoms with Gasteiger partial charge >= 0.3 is 6.09 Å². The van der Waals surface area contributed by atoms with Crippen LogP contribution in [-0.4, -0.2) is 30.6 Å². The van der Waals surface area contributed by atoms with Crippen LogP contribution in [0, 0.1) is 17.8 Å². The molecular formula is C20H25NO4. The topological polar surface area (TPSA) is 56.8 Å². The van der Waals surface area contributed by atoms with Gasteiger partial charge < -0.3 is 19.5 Å². The first-order chi connectivity index (χ1) is 12.2. The lowest BCUT2D eigenvalue weighted by atomic mass is 9.50. The van der Waals surface area contributed by atoms with Crippen LogP contribution >= 0.6 is 0 Å². The van der Waals surface area contributed by atoms with Gasteiger partial charge in [0.15, 0.2) is 5.79 Å². The molecule has 4 atom stereocenters. The Labute approximate surface area is 148 Å². The van der Waals surface area contributed by atoms with E-state index in [4.69, 9.17) is 14.2 Å². The average molecular weight is 343 g/mol. The Balaban J connectivity index is 1.26. The minimum Gasteiger partial charge on any atom is -0.445 e. The van der Waals surface area contributed by atoms with Crippen molar-refractivity contribution in [2.24, 2.45) is 17.8 Å². The second kappa shape index (κ2) is 5.71. The van der Waals surface area contributed by atoms with E-state index in [1.165, 1.54) is 12.8 Å². The minimum atomic E-state index is -0.365. The number of nitrogens with one attached hydrogen (secondary N) is 1. The number of rotatable bonds is 3. The molecule has 1 aliphatic heterocycles. The summed E-state index contributed by atoms with van der Waals surface area (Å²) in [6.45, 7) is 1.73.